The number of halogens is 1. The van der Waals surface area contributed by atoms with E-state index < -0.39 is 75.2 Å². The number of ether oxygens (including phenoxy) is 1. The summed E-state index contributed by atoms with van der Waals surface area (Å²) in [5, 5.41) is 8.84. The molecular weight excluding hydrogens is 788 g/mol. The number of nitrogens with zero attached hydrogens (tertiary/aromatic N) is 4. The lowest BCUT2D eigenvalue weighted by Crippen LogP contribution is -2.62. The predicted octanol–water partition coefficient (Wildman–Crippen LogP) is 3.57. The smallest absolute Gasteiger partial charge is 0.272 e. The number of pyridine rings is 1. The van der Waals surface area contributed by atoms with Gasteiger partial charge >= 0.3 is 0 Å². The Kier molecular flexibility index (Phi) is 14.8. The third kappa shape index (κ3) is 11.5. The minimum atomic E-state index is -4.25. The lowest BCUT2D eigenvalue weighted by Gasteiger charge is -2.37. The van der Waals surface area contributed by atoms with Crippen molar-refractivity contribution in [3.8, 4) is 5.88 Å². The maximum Gasteiger partial charge on any atom is 0.272 e. The van der Waals surface area contributed by atoms with Gasteiger partial charge in [-0.25, -0.2) is 23.1 Å². The first kappa shape index (κ1) is 44.0. The number of nitrogens with one attached hydrogen (secondary N) is 4. The fourth-order valence-electron chi connectivity index (χ4n) is 7.21. The SMILES string of the molecule is CCC[C@H](NC(=O)[C@@H]1C[C@@H](Oc2ccc(Cl)cn2)CN1C(=O)[C@@H](NC(=O)[C@H](NC(=O)c1cnccn1)C1CCCCC1)C(C)(C)C)C(=O)NS(=O)(=O)c1ccccc1. The fraction of sp³-hybridized carbons (Fsp3) is 0.500. The van der Waals surface area contributed by atoms with Crippen molar-refractivity contribution in [1.29, 1.82) is 0 Å². The zero-order chi connectivity index (χ0) is 42.0. The van der Waals surface area contributed by atoms with E-state index in [0.717, 1.165) is 19.3 Å². The van der Waals surface area contributed by atoms with Gasteiger partial charge in [-0.1, -0.05) is 83.2 Å². The number of likely N-dealkylation sites (tertiary alicyclic amines) is 1. The number of amides is 5. The topological polar surface area (TPSA) is 219 Å². The van der Waals surface area contributed by atoms with Crippen molar-refractivity contribution >= 4 is 51.2 Å². The van der Waals surface area contributed by atoms with Crippen LogP contribution in [0.1, 0.15) is 89.5 Å². The first-order chi connectivity index (χ1) is 27.6. The van der Waals surface area contributed by atoms with Crippen LogP contribution < -0.4 is 25.4 Å². The molecule has 5 amide bonds. The molecule has 16 nitrogen and oxygen atoms in total. The molecule has 2 aromatic heterocycles. The van der Waals surface area contributed by atoms with Crippen LogP contribution in [0.5, 0.6) is 5.88 Å². The van der Waals surface area contributed by atoms with Gasteiger partial charge in [0.1, 0.15) is 36.0 Å². The van der Waals surface area contributed by atoms with Crippen LogP contribution in [-0.4, -0.2) is 94.6 Å². The molecule has 5 rings (SSSR count). The molecule has 0 radical (unpaired) electrons. The van der Waals surface area contributed by atoms with E-state index in [1.807, 2.05) is 0 Å². The number of carbonyl (C=O) groups excluding carboxylic acids is 5. The van der Waals surface area contributed by atoms with Gasteiger partial charge in [0, 0.05) is 31.1 Å². The number of hydrogen-bond acceptors (Lipinski definition) is 11. The molecule has 0 bridgehead atoms. The predicted molar refractivity (Wildman–Crippen MR) is 214 cm³/mol. The molecule has 312 valence electrons. The molecule has 2 fully saturated rings. The van der Waals surface area contributed by atoms with Crippen molar-refractivity contribution in [3.05, 3.63) is 78.0 Å². The summed E-state index contributed by atoms with van der Waals surface area (Å²) in [6, 6.07) is 5.86. The zero-order valence-corrected chi connectivity index (χ0v) is 34.6. The standard InChI is InChI=1S/C40H51ClN8O8S/c1-5-12-29(36(51)48-58(55,56)28-15-10-7-11-16-28)45-37(52)31-21-27(57-32-18-17-26(41)22-44-32)24-49(31)39(54)34(40(2,3)4)47-38(53)33(25-13-8-6-9-14-25)46-35(50)30-23-42-19-20-43-30/h7,10-11,15-20,22-23,25,27,29,31,33-34H,5-6,8-9,12-14,21,24H2,1-4H3,(H,45,52)(H,46,50)(H,47,53)(H,48,51)/t27-,29+,31+,33-,34-/m1/s1. The van der Waals surface area contributed by atoms with Crippen molar-refractivity contribution in [2.24, 2.45) is 11.3 Å². The Hall–Kier alpha value is -5.16. The fourth-order valence-corrected chi connectivity index (χ4v) is 8.36. The Balaban J connectivity index is 1.41. The van der Waals surface area contributed by atoms with Gasteiger partial charge in [-0.15, -0.1) is 0 Å². The second-order valence-corrected chi connectivity index (χ2v) is 17.8. The highest BCUT2D eigenvalue weighted by Crippen LogP contribution is 2.30. The van der Waals surface area contributed by atoms with Gasteiger partial charge in [-0.2, -0.15) is 0 Å². The van der Waals surface area contributed by atoms with Crippen LogP contribution in [0.4, 0.5) is 0 Å². The number of aromatic nitrogens is 3. The Labute approximate surface area is 343 Å². The Morgan fingerprint density at radius 1 is 0.914 bits per heavy atom. The summed E-state index contributed by atoms with van der Waals surface area (Å²) < 4.78 is 34.2. The summed E-state index contributed by atoms with van der Waals surface area (Å²) in [5.74, 6) is -3.39. The highest BCUT2D eigenvalue weighted by atomic mass is 35.5. The van der Waals surface area contributed by atoms with Crippen LogP contribution in [0.15, 0.2) is 72.1 Å². The molecule has 3 heterocycles. The zero-order valence-electron chi connectivity index (χ0n) is 33.0. The van der Waals surface area contributed by atoms with E-state index >= 15 is 0 Å². The molecule has 0 spiro atoms. The average molecular weight is 839 g/mol. The van der Waals surface area contributed by atoms with E-state index in [2.05, 4.69) is 35.6 Å². The van der Waals surface area contributed by atoms with Gasteiger partial charge in [0.05, 0.1) is 22.7 Å². The number of hydrogen-bond donors (Lipinski definition) is 4. The van der Waals surface area contributed by atoms with E-state index in [1.165, 1.54) is 54.0 Å². The highest BCUT2D eigenvalue weighted by Gasteiger charge is 2.47. The third-order valence-corrected chi connectivity index (χ3v) is 11.8. The van der Waals surface area contributed by atoms with E-state index in [9.17, 15) is 32.4 Å². The molecule has 1 aliphatic heterocycles. The van der Waals surface area contributed by atoms with Crippen LogP contribution in [0.25, 0.3) is 0 Å². The van der Waals surface area contributed by atoms with Crippen molar-refractivity contribution in [3.63, 3.8) is 0 Å². The minimum absolute atomic E-state index is 0.0195. The van der Waals surface area contributed by atoms with Gasteiger partial charge in [0.2, 0.25) is 23.6 Å². The van der Waals surface area contributed by atoms with Gasteiger partial charge in [-0.05, 0) is 48.8 Å². The Morgan fingerprint density at radius 3 is 2.26 bits per heavy atom. The van der Waals surface area contributed by atoms with Gasteiger partial charge < -0.3 is 25.6 Å². The number of rotatable bonds is 15. The van der Waals surface area contributed by atoms with Crippen molar-refractivity contribution < 1.29 is 37.1 Å². The monoisotopic (exact) mass is 838 g/mol. The maximum atomic E-state index is 14.8. The quantitative estimate of drug-likeness (QED) is 0.173. The Bertz CT molecular complexity index is 2010. The van der Waals surface area contributed by atoms with Crippen molar-refractivity contribution in [1.82, 2.24) is 40.5 Å². The summed E-state index contributed by atoms with van der Waals surface area (Å²) in [6.07, 6.45) is 9.40. The third-order valence-electron chi connectivity index (χ3n) is 10.2. The number of benzene rings is 1. The van der Waals surface area contributed by atoms with Gasteiger partial charge in [0.15, 0.2) is 0 Å². The summed E-state index contributed by atoms with van der Waals surface area (Å²) in [5.41, 5.74) is -0.855. The van der Waals surface area contributed by atoms with Crippen LogP contribution in [0.2, 0.25) is 5.02 Å². The summed E-state index contributed by atoms with van der Waals surface area (Å²) >= 11 is 6.02. The molecule has 0 unspecified atom stereocenters. The lowest BCUT2D eigenvalue weighted by molar-refractivity contribution is -0.144. The second kappa shape index (κ2) is 19.5. The number of sulfonamides is 1. The molecule has 1 aliphatic carbocycles. The summed E-state index contributed by atoms with van der Waals surface area (Å²) in [7, 11) is -4.25. The van der Waals surface area contributed by atoms with Gasteiger partial charge in [0.25, 0.3) is 21.8 Å². The van der Waals surface area contributed by atoms with E-state index in [0.29, 0.717) is 24.3 Å². The van der Waals surface area contributed by atoms with Crippen LogP contribution >= 0.6 is 11.6 Å². The van der Waals surface area contributed by atoms with Gasteiger partial charge in [-0.3, -0.25) is 29.0 Å². The van der Waals surface area contributed by atoms with E-state index in [1.54, 1.807) is 45.9 Å². The average Bonchev–Trinajstić information content (AvgIpc) is 3.63. The Morgan fingerprint density at radius 2 is 1.64 bits per heavy atom. The molecular formula is C40H51ClN8O8S. The normalized spacial score (nSPS) is 18.9. The van der Waals surface area contributed by atoms with Crippen LogP contribution in [0.3, 0.4) is 0 Å². The molecule has 5 atom stereocenters. The van der Waals surface area contributed by atoms with Crippen molar-refractivity contribution in [2.45, 2.75) is 114 Å². The largest absolute Gasteiger partial charge is 0.472 e. The molecule has 2 aliphatic rings. The van der Waals surface area contributed by atoms with E-state index in [4.69, 9.17) is 16.3 Å². The molecule has 1 saturated carbocycles. The van der Waals surface area contributed by atoms with E-state index in [-0.39, 0.29) is 41.8 Å². The molecule has 3 aromatic rings. The maximum absolute atomic E-state index is 14.8. The van der Waals surface area contributed by atoms with Crippen LogP contribution in [0, 0.1) is 11.3 Å². The first-order valence-corrected chi connectivity index (χ1v) is 21.3. The summed E-state index contributed by atoms with van der Waals surface area (Å²) in [4.78, 5) is 83.4. The highest BCUT2D eigenvalue weighted by molar-refractivity contribution is 7.90. The number of carbonyl (C=O) groups is 5. The summed E-state index contributed by atoms with van der Waals surface area (Å²) in [6.45, 7) is 7.00. The lowest BCUT2D eigenvalue weighted by atomic mass is 9.82. The molecule has 4 N–H and O–H groups in total. The molecule has 58 heavy (non-hydrogen) atoms. The second-order valence-electron chi connectivity index (χ2n) is 15.7. The molecule has 1 aromatic carbocycles. The molecule has 1 saturated heterocycles. The first-order valence-electron chi connectivity index (χ1n) is 19.5. The minimum Gasteiger partial charge on any atom is -0.472 e. The van der Waals surface area contributed by atoms with Crippen molar-refractivity contribution in [2.75, 3.05) is 6.54 Å². The molecule has 18 heteroatoms. The van der Waals surface area contributed by atoms with Crippen LogP contribution in [-0.2, 0) is 29.2 Å².